The highest BCUT2D eigenvalue weighted by Crippen LogP contribution is 2.22. The second kappa shape index (κ2) is 5.00. The van der Waals surface area contributed by atoms with Crippen molar-refractivity contribution in [3.05, 3.63) is 34.9 Å². The zero-order valence-electron chi connectivity index (χ0n) is 9.63. The Morgan fingerprint density at radius 3 is 2.20 bits per heavy atom. The Morgan fingerprint density at radius 2 is 1.73 bits per heavy atom. The molecule has 1 rings (SSSR count). The van der Waals surface area contributed by atoms with Crippen LogP contribution in [0.3, 0.4) is 0 Å². The van der Waals surface area contributed by atoms with Crippen LogP contribution in [0.15, 0.2) is 24.3 Å². The first-order chi connectivity index (χ1) is 6.87. The van der Waals surface area contributed by atoms with Crippen LogP contribution >= 0.6 is 11.6 Å². The molecule has 0 saturated heterocycles. The van der Waals surface area contributed by atoms with Crippen molar-refractivity contribution in [1.82, 2.24) is 0 Å². The third-order valence-electron chi connectivity index (χ3n) is 2.23. The fourth-order valence-electron chi connectivity index (χ4n) is 1.67. The van der Waals surface area contributed by atoms with Crippen LogP contribution in [0.4, 0.5) is 0 Å². The van der Waals surface area contributed by atoms with Crippen LogP contribution in [0, 0.1) is 5.41 Å². The van der Waals surface area contributed by atoms with Gasteiger partial charge in [0.15, 0.2) is 0 Å². The van der Waals surface area contributed by atoms with Crippen LogP contribution in [0.1, 0.15) is 32.8 Å². The molecule has 0 aliphatic heterocycles. The van der Waals surface area contributed by atoms with Gasteiger partial charge in [0.25, 0.3) is 0 Å². The predicted molar refractivity (Wildman–Crippen MR) is 65.2 cm³/mol. The monoisotopic (exact) mass is 226 g/mol. The number of halogens is 1. The molecule has 0 spiro atoms. The molecule has 1 atom stereocenters. The van der Waals surface area contributed by atoms with E-state index in [1.807, 2.05) is 24.3 Å². The first-order valence-electron chi connectivity index (χ1n) is 5.29. The molecule has 2 heteroatoms. The summed E-state index contributed by atoms with van der Waals surface area (Å²) in [5.74, 6) is 0. The molecule has 0 aliphatic rings. The molecule has 0 saturated carbocycles. The Bertz CT molecular complexity index is 297. The van der Waals surface area contributed by atoms with Crippen LogP contribution in [0.5, 0.6) is 0 Å². The summed E-state index contributed by atoms with van der Waals surface area (Å²) in [4.78, 5) is 0. The minimum Gasteiger partial charge on any atom is -0.393 e. The van der Waals surface area contributed by atoms with Crippen molar-refractivity contribution in [3.63, 3.8) is 0 Å². The molecular formula is C13H19ClO. The third kappa shape index (κ3) is 5.19. The standard InChI is InChI=1S/C13H19ClO/c1-13(2,3)9-12(15)8-10-4-6-11(14)7-5-10/h4-7,12,15H,8-9H2,1-3H3. The number of benzene rings is 1. The lowest BCUT2D eigenvalue weighted by Gasteiger charge is -2.22. The van der Waals surface area contributed by atoms with E-state index in [0.29, 0.717) is 6.42 Å². The second-order valence-corrected chi connectivity index (χ2v) is 5.69. The van der Waals surface area contributed by atoms with Gasteiger partial charge in [-0.2, -0.15) is 0 Å². The van der Waals surface area contributed by atoms with Gasteiger partial charge in [-0.15, -0.1) is 0 Å². The van der Waals surface area contributed by atoms with E-state index in [4.69, 9.17) is 11.6 Å². The molecule has 1 nitrogen and oxygen atoms in total. The lowest BCUT2D eigenvalue weighted by Crippen LogP contribution is -2.19. The van der Waals surface area contributed by atoms with E-state index in [1.54, 1.807) is 0 Å². The Morgan fingerprint density at radius 1 is 1.20 bits per heavy atom. The number of hydrogen-bond acceptors (Lipinski definition) is 1. The van der Waals surface area contributed by atoms with Crippen LogP contribution in [-0.4, -0.2) is 11.2 Å². The van der Waals surface area contributed by atoms with Crippen LogP contribution < -0.4 is 0 Å². The van der Waals surface area contributed by atoms with Crippen LogP contribution in [-0.2, 0) is 6.42 Å². The maximum atomic E-state index is 9.87. The fourth-order valence-corrected chi connectivity index (χ4v) is 1.80. The van der Waals surface area contributed by atoms with Gasteiger partial charge in [-0.1, -0.05) is 44.5 Å². The van der Waals surface area contributed by atoms with Crippen molar-refractivity contribution in [2.45, 2.75) is 39.7 Å². The fraction of sp³-hybridized carbons (Fsp3) is 0.538. The highest BCUT2D eigenvalue weighted by molar-refractivity contribution is 6.30. The molecule has 1 aromatic carbocycles. The number of rotatable bonds is 3. The molecule has 0 bridgehead atoms. The van der Waals surface area contributed by atoms with Crippen molar-refractivity contribution < 1.29 is 5.11 Å². The smallest absolute Gasteiger partial charge is 0.0585 e. The summed E-state index contributed by atoms with van der Waals surface area (Å²) in [6.07, 6.45) is 1.25. The Labute approximate surface area is 97.1 Å². The highest BCUT2D eigenvalue weighted by atomic mass is 35.5. The Kier molecular flexibility index (Phi) is 4.18. The first-order valence-corrected chi connectivity index (χ1v) is 5.67. The van der Waals surface area contributed by atoms with Gasteiger partial charge < -0.3 is 5.11 Å². The SMILES string of the molecule is CC(C)(C)CC(O)Cc1ccc(Cl)cc1. The van der Waals surface area contributed by atoms with Gasteiger partial charge in [0.2, 0.25) is 0 Å². The predicted octanol–water partition coefficient (Wildman–Crippen LogP) is 3.68. The maximum Gasteiger partial charge on any atom is 0.0585 e. The van der Waals surface area contributed by atoms with Gasteiger partial charge in [-0.3, -0.25) is 0 Å². The minimum absolute atomic E-state index is 0.172. The lowest BCUT2D eigenvalue weighted by molar-refractivity contribution is 0.121. The van der Waals surface area contributed by atoms with Crippen LogP contribution in [0.25, 0.3) is 0 Å². The molecular weight excluding hydrogens is 208 g/mol. The third-order valence-corrected chi connectivity index (χ3v) is 2.48. The summed E-state index contributed by atoms with van der Waals surface area (Å²) in [6, 6.07) is 7.66. The molecule has 84 valence electrons. The summed E-state index contributed by atoms with van der Waals surface area (Å²) in [6.45, 7) is 6.41. The van der Waals surface area contributed by atoms with Gasteiger partial charge in [-0.25, -0.2) is 0 Å². The quantitative estimate of drug-likeness (QED) is 0.834. The van der Waals surface area contributed by atoms with E-state index >= 15 is 0 Å². The van der Waals surface area contributed by atoms with E-state index < -0.39 is 0 Å². The van der Waals surface area contributed by atoms with Gasteiger partial charge in [0.1, 0.15) is 0 Å². The molecule has 0 heterocycles. The topological polar surface area (TPSA) is 20.2 Å². The average molecular weight is 227 g/mol. The molecule has 15 heavy (non-hydrogen) atoms. The van der Waals surface area contributed by atoms with E-state index in [1.165, 1.54) is 0 Å². The van der Waals surface area contributed by atoms with E-state index in [9.17, 15) is 5.11 Å². The molecule has 0 aliphatic carbocycles. The molecule has 0 amide bonds. The molecule has 0 fully saturated rings. The summed E-state index contributed by atoms with van der Waals surface area (Å²) < 4.78 is 0. The minimum atomic E-state index is -0.272. The molecule has 0 aromatic heterocycles. The molecule has 1 aromatic rings. The molecule has 1 unspecified atom stereocenters. The van der Waals surface area contributed by atoms with E-state index in [2.05, 4.69) is 20.8 Å². The highest BCUT2D eigenvalue weighted by Gasteiger charge is 2.16. The number of hydrogen-bond donors (Lipinski definition) is 1. The van der Waals surface area contributed by atoms with Crippen molar-refractivity contribution in [2.75, 3.05) is 0 Å². The summed E-state index contributed by atoms with van der Waals surface area (Å²) in [7, 11) is 0. The zero-order valence-corrected chi connectivity index (χ0v) is 10.4. The number of aliphatic hydroxyl groups is 1. The van der Waals surface area contributed by atoms with Crippen molar-refractivity contribution in [1.29, 1.82) is 0 Å². The number of aliphatic hydroxyl groups excluding tert-OH is 1. The largest absolute Gasteiger partial charge is 0.393 e. The zero-order chi connectivity index (χ0) is 11.5. The van der Waals surface area contributed by atoms with Gasteiger partial charge in [-0.05, 0) is 36.0 Å². The lowest BCUT2D eigenvalue weighted by atomic mass is 9.87. The van der Waals surface area contributed by atoms with Gasteiger partial charge >= 0.3 is 0 Å². The van der Waals surface area contributed by atoms with Gasteiger partial charge in [0.05, 0.1) is 6.10 Å². The molecule has 1 N–H and O–H groups in total. The summed E-state index contributed by atoms with van der Waals surface area (Å²) in [5.41, 5.74) is 1.31. The average Bonchev–Trinajstić information content (AvgIpc) is 2.05. The van der Waals surface area contributed by atoms with Crippen LogP contribution in [0.2, 0.25) is 5.02 Å². The van der Waals surface area contributed by atoms with Crippen molar-refractivity contribution >= 4 is 11.6 Å². The normalized spacial score (nSPS) is 13.9. The molecule has 0 radical (unpaired) electrons. The van der Waals surface area contributed by atoms with E-state index in [0.717, 1.165) is 17.0 Å². The van der Waals surface area contributed by atoms with Crippen molar-refractivity contribution in [2.24, 2.45) is 5.41 Å². The summed E-state index contributed by atoms with van der Waals surface area (Å²) in [5, 5.41) is 10.6. The Hall–Kier alpha value is -0.530. The Balaban J connectivity index is 2.51. The maximum absolute atomic E-state index is 9.87. The van der Waals surface area contributed by atoms with E-state index in [-0.39, 0.29) is 11.5 Å². The van der Waals surface area contributed by atoms with Crippen molar-refractivity contribution in [3.8, 4) is 0 Å². The van der Waals surface area contributed by atoms with Gasteiger partial charge in [0, 0.05) is 5.02 Å². The second-order valence-electron chi connectivity index (χ2n) is 5.25. The first kappa shape index (κ1) is 12.5. The summed E-state index contributed by atoms with van der Waals surface area (Å²) >= 11 is 5.79.